The molecular weight excluding hydrogens is 280 g/mol. The van der Waals surface area contributed by atoms with Crippen molar-refractivity contribution in [2.75, 3.05) is 12.3 Å². The minimum Gasteiger partial charge on any atom is -0.449 e. The Hall–Kier alpha value is -1.75. The Morgan fingerprint density at radius 2 is 2.00 bits per heavy atom. The van der Waals surface area contributed by atoms with Crippen molar-refractivity contribution in [3.63, 3.8) is 0 Å². The van der Waals surface area contributed by atoms with Crippen LogP contribution in [0.2, 0.25) is 5.02 Å². The Labute approximate surface area is 123 Å². The van der Waals surface area contributed by atoms with E-state index in [-0.39, 0.29) is 16.5 Å². The first-order valence-corrected chi connectivity index (χ1v) is 6.72. The van der Waals surface area contributed by atoms with Gasteiger partial charge in [0, 0.05) is 12.2 Å². The Morgan fingerprint density at radius 3 is 2.60 bits per heavy atom. The summed E-state index contributed by atoms with van der Waals surface area (Å²) in [6.45, 7) is 5.99. The molecule has 0 fully saturated rings. The summed E-state index contributed by atoms with van der Waals surface area (Å²) in [5, 5.41) is 2.93. The highest BCUT2D eigenvalue weighted by Crippen LogP contribution is 2.20. The lowest BCUT2D eigenvalue weighted by atomic mass is 10.2. The van der Waals surface area contributed by atoms with Crippen LogP contribution >= 0.6 is 11.6 Å². The van der Waals surface area contributed by atoms with E-state index in [0.29, 0.717) is 18.2 Å². The zero-order valence-corrected chi connectivity index (χ0v) is 12.5. The molecule has 0 spiro atoms. The third-order valence-electron chi connectivity index (χ3n) is 2.55. The summed E-state index contributed by atoms with van der Waals surface area (Å²) < 4.78 is 5.08. The second kappa shape index (κ2) is 7.14. The van der Waals surface area contributed by atoms with E-state index >= 15 is 0 Å². The van der Waals surface area contributed by atoms with Crippen LogP contribution in [-0.2, 0) is 9.53 Å². The Morgan fingerprint density at radius 1 is 1.35 bits per heavy atom. The van der Waals surface area contributed by atoms with E-state index in [4.69, 9.17) is 22.1 Å². The maximum Gasteiger partial charge on any atom is 0.340 e. The molecule has 3 N–H and O–H groups in total. The summed E-state index contributed by atoms with van der Waals surface area (Å²) in [5.41, 5.74) is 6.14. The zero-order chi connectivity index (χ0) is 15.3. The normalized spacial score (nSPS) is 12.1. The van der Waals surface area contributed by atoms with E-state index in [9.17, 15) is 9.59 Å². The SMILES string of the molecule is CC(C)CNC(=O)C(C)OC(=O)c1cc(N)ccc1Cl. The monoisotopic (exact) mass is 298 g/mol. The molecule has 1 aromatic carbocycles. The molecule has 0 aromatic heterocycles. The predicted octanol–water partition coefficient (Wildman–Crippen LogP) is 2.24. The second-order valence-electron chi connectivity index (χ2n) is 4.93. The largest absolute Gasteiger partial charge is 0.449 e. The number of carbonyl (C=O) groups is 2. The Kier molecular flexibility index (Phi) is 5.82. The van der Waals surface area contributed by atoms with Gasteiger partial charge in [0.15, 0.2) is 6.10 Å². The molecule has 0 aliphatic heterocycles. The molecule has 1 unspecified atom stereocenters. The van der Waals surface area contributed by atoms with Crippen LogP contribution in [0.4, 0.5) is 5.69 Å². The van der Waals surface area contributed by atoms with Gasteiger partial charge >= 0.3 is 5.97 Å². The first kappa shape index (κ1) is 16.3. The number of nitrogens with one attached hydrogen (secondary N) is 1. The molecule has 0 heterocycles. The second-order valence-corrected chi connectivity index (χ2v) is 5.33. The maximum absolute atomic E-state index is 11.9. The van der Waals surface area contributed by atoms with Crippen LogP contribution in [0.5, 0.6) is 0 Å². The number of hydrogen-bond acceptors (Lipinski definition) is 4. The summed E-state index contributed by atoms with van der Waals surface area (Å²) in [6.07, 6.45) is -0.890. The van der Waals surface area contributed by atoms with Crippen molar-refractivity contribution in [3.8, 4) is 0 Å². The lowest BCUT2D eigenvalue weighted by Gasteiger charge is -2.15. The number of benzene rings is 1. The van der Waals surface area contributed by atoms with Crippen molar-refractivity contribution in [3.05, 3.63) is 28.8 Å². The fourth-order valence-electron chi connectivity index (χ4n) is 1.43. The van der Waals surface area contributed by atoms with Gasteiger partial charge in [0.2, 0.25) is 0 Å². The highest BCUT2D eigenvalue weighted by Gasteiger charge is 2.20. The van der Waals surface area contributed by atoms with Gasteiger partial charge in [-0.2, -0.15) is 0 Å². The Bertz CT molecular complexity index is 503. The highest BCUT2D eigenvalue weighted by atomic mass is 35.5. The van der Waals surface area contributed by atoms with Crippen LogP contribution in [-0.4, -0.2) is 24.5 Å². The molecule has 1 aromatic rings. The maximum atomic E-state index is 11.9. The molecule has 5 nitrogen and oxygen atoms in total. The van der Waals surface area contributed by atoms with Gasteiger partial charge in [-0.05, 0) is 31.0 Å². The molecule has 1 rings (SSSR count). The molecule has 6 heteroatoms. The minimum atomic E-state index is -0.890. The van der Waals surface area contributed by atoms with Crippen molar-refractivity contribution < 1.29 is 14.3 Å². The summed E-state index contributed by atoms with van der Waals surface area (Å²) >= 11 is 5.90. The Balaban J connectivity index is 2.65. The summed E-state index contributed by atoms with van der Waals surface area (Å²) in [4.78, 5) is 23.6. The number of ether oxygens (including phenoxy) is 1. The van der Waals surface area contributed by atoms with E-state index in [1.807, 2.05) is 13.8 Å². The zero-order valence-electron chi connectivity index (χ0n) is 11.8. The lowest BCUT2D eigenvalue weighted by Crippen LogP contribution is -2.37. The smallest absolute Gasteiger partial charge is 0.340 e. The van der Waals surface area contributed by atoms with Gasteiger partial charge in [-0.15, -0.1) is 0 Å². The third kappa shape index (κ3) is 4.74. The number of nitrogen functional groups attached to an aromatic ring is 1. The van der Waals surface area contributed by atoms with Crippen LogP contribution in [0.25, 0.3) is 0 Å². The van der Waals surface area contributed by atoms with Gasteiger partial charge in [-0.1, -0.05) is 25.4 Å². The van der Waals surface area contributed by atoms with E-state index < -0.39 is 12.1 Å². The van der Waals surface area contributed by atoms with Crippen molar-refractivity contribution in [1.29, 1.82) is 0 Å². The molecule has 0 saturated heterocycles. The lowest BCUT2D eigenvalue weighted by molar-refractivity contribution is -0.129. The quantitative estimate of drug-likeness (QED) is 0.645. The fraction of sp³-hybridized carbons (Fsp3) is 0.429. The summed E-state index contributed by atoms with van der Waals surface area (Å²) in [5.74, 6) is -0.688. The molecule has 0 radical (unpaired) electrons. The average Bonchev–Trinajstić information content (AvgIpc) is 2.38. The van der Waals surface area contributed by atoms with Gasteiger partial charge in [0.25, 0.3) is 5.91 Å². The predicted molar refractivity (Wildman–Crippen MR) is 78.6 cm³/mol. The van der Waals surface area contributed by atoms with Crippen molar-refractivity contribution in [2.45, 2.75) is 26.9 Å². The van der Waals surface area contributed by atoms with Crippen LogP contribution in [0, 0.1) is 5.92 Å². The first-order chi connectivity index (χ1) is 9.31. The van der Waals surface area contributed by atoms with Crippen LogP contribution in [0.15, 0.2) is 18.2 Å². The molecule has 110 valence electrons. The van der Waals surface area contributed by atoms with Crippen molar-refractivity contribution >= 4 is 29.2 Å². The number of hydrogen-bond donors (Lipinski definition) is 2. The van der Waals surface area contributed by atoms with Crippen LogP contribution in [0.3, 0.4) is 0 Å². The number of rotatable bonds is 5. The number of nitrogens with two attached hydrogens (primary N) is 1. The first-order valence-electron chi connectivity index (χ1n) is 6.35. The van der Waals surface area contributed by atoms with Gasteiger partial charge in [-0.25, -0.2) is 4.79 Å². The average molecular weight is 299 g/mol. The molecular formula is C14H19ClN2O3. The topological polar surface area (TPSA) is 81.4 Å². The fourth-order valence-corrected chi connectivity index (χ4v) is 1.62. The van der Waals surface area contributed by atoms with Gasteiger partial charge in [0.1, 0.15) is 0 Å². The highest BCUT2D eigenvalue weighted by molar-refractivity contribution is 6.33. The van der Waals surface area contributed by atoms with Gasteiger partial charge < -0.3 is 15.8 Å². The molecule has 0 bridgehead atoms. The summed E-state index contributed by atoms with van der Waals surface area (Å²) in [7, 11) is 0. The van der Waals surface area contributed by atoms with E-state index in [2.05, 4.69) is 5.32 Å². The van der Waals surface area contributed by atoms with Crippen LogP contribution < -0.4 is 11.1 Å². The van der Waals surface area contributed by atoms with Crippen molar-refractivity contribution in [2.24, 2.45) is 5.92 Å². The molecule has 1 atom stereocenters. The molecule has 0 aliphatic carbocycles. The van der Waals surface area contributed by atoms with Gasteiger partial charge in [0.05, 0.1) is 10.6 Å². The molecule has 1 amide bonds. The number of halogens is 1. The third-order valence-corrected chi connectivity index (χ3v) is 2.88. The van der Waals surface area contributed by atoms with E-state index in [0.717, 1.165) is 0 Å². The van der Waals surface area contributed by atoms with E-state index in [1.165, 1.54) is 19.1 Å². The van der Waals surface area contributed by atoms with Crippen molar-refractivity contribution in [1.82, 2.24) is 5.32 Å². The summed E-state index contributed by atoms with van der Waals surface area (Å²) in [6, 6.07) is 4.51. The molecule has 0 saturated carbocycles. The number of anilines is 1. The molecule has 20 heavy (non-hydrogen) atoms. The number of carbonyl (C=O) groups excluding carboxylic acids is 2. The minimum absolute atomic E-state index is 0.148. The number of esters is 1. The number of amides is 1. The van der Waals surface area contributed by atoms with Gasteiger partial charge in [-0.3, -0.25) is 4.79 Å². The van der Waals surface area contributed by atoms with E-state index in [1.54, 1.807) is 6.07 Å². The van der Waals surface area contributed by atoms with Crippen LogP contribution in [0.1, 0.15) is 31.1 Å². The standard InChI is InChI=1S/C14H19ClN2O3/c1-8(2)7-17-13(18)9(3)20-14(19)11-6-10(16)4-5-12(11)15/h4-6,8-9H,7,16H2,1-3H3,(H,17,18). The molecule has 0 aliphatic rings.